The van der Waals surface area contributed by atoms with Crippen LogP contribution in [0.5, 0.6) is 0 Å². The zero-order valence-corrected chi connectivity index (χ0v) is 17.7. The largest absolute Gasteiger partial charge is 0.447 e. The number of carbonyl (C=O) groups excluding carboxylic acids is 2. The molecule has 6 rings (SSSR count). The summed E-state index contributed by atoms with van der Waals surface area (Å²) in [6, 6.07) is 16.1. The van der Waals surface area contributed by atoms with Crippen molar-refractivity contribution in [2.24, 2.45) is 0 Å². The Bertz CT molecular complexity index is 1240. The maximum atomic E-state index is 13.0. The number of benzene rings is 2. The van der Waals surface area contributed by atoms with Gasteiger partial charge in [-0.05, 0) is 48.6 Å². The molecule has 2 amide bonds. The maximum Gasteiger partial charge on any atom is 0.414 e. The van der Waals surface area contributed by atoms with Gasteiger partial charge in [-0.1, -0.05) is 30.3 Å². The Morgan fingerprint density at radius 3 is 2.78 bits per heavy atom. The van der Waals surface area contributed by atoms with E-state index in [9.17, 15) is 9.59 Å². The molecule has 1 aromatic heterocycles. The number of fused-ring (bicyclic) bond motifs is 2. The number of anilines is 2. The number of rotatable bonds is 4. The van der Waals surface area contributed by atoms with Crippen LogP contribution >= 0.6 is 0 Å². The van der Waals surface area contributed by atoms with Crippen molar-refractivity contribution >= 4 is 34.4 Å². The molecule has 2 aliphatic heterocycles. The zero-order valence-electron chi connectivity index (χ0n) is 17.7. The summed E-state index contributed by atoms with van der Waals surface area (Å²) < 4.78 is 5.14. The Labute approximate surface area is 186 Å². The van der Waals surface area contributed by atoms with Gasteiger partial charge in [-0.2, -0.15) is 0 Å². The van der Waals surface area contributed by atoms with Crippen LogP contribution in [0.25, 0.3) is 10.9 Å². The first kappa shape index (κ1) is 19.1. The Morgan fingerprint density at radius 1 is 1.09 bits per heavy atom. The Kier molecular flexibility index (Phi) is 4.48. The highest BCUT2D eigenvalue weighted by Gasteiger charge is 2.29. The van der Waals surface area contributed by atoms with Crippen LogP contribution in [0.4, 0.5) is 16.3 Å². The first-order chi connectivity index (χ1) is 15.7. The van der Waals surface area contributed by atoms with Gasteiger partial charge in [0, 0.05) is 24.5 Å². The topological polar surface area (TPSA) is 74.8 Å². The van der Waals surface area contributed by atoms with Crippen LogP contribution in [0.1, 0.15) is 34.3 Å². The van der Waals surface area contributed by atoms with E-state index in [2.05, 4.69) is 16.3 Å². The molecule has 0 bridgehead atoms. The molecular formula is C25H24N4O3. The summed E-state index contributed by atoms with van der Waals surface area (Å²) in [6.07, 6.45) is 2.63. The van der Waals surface area contributed by atoms with Crippen LogP contribution in [-0.4, -0.2) is 42.7 Å². The normalized spacial score (nSPS) is 17.9. The van der Waals surface area contributed by atoms with Gasteiger partial charge in [0.05, 0.1) is 23.3 Å². The van der Waals surface area contributed by atoms with Crippen LogP contribution in [0, 0.1) is 0 Å². The van der Waals surface area contributed by atoms with Gasteiger partial charge in [-0.15, -0.1) is 0 Å². The SMILES string of the molecule is O=C(NC1CC1)c1cc(N2CCc3c(cccc3N3CCOC3=O)C2)nc2ccccc12. The number of amides is 2. The monoisotopic (exact) mass is 428 g/mol. The third-order valence-corrected chi connectivity index (χ3v) is 6.48. The molecule has 0 atom stereocenters. The first-order valence-corrected chi connectivity index (χ1v) is 11.2. The molecule has 2 aromatic carbocycles. The van der Waals surface area contributed by atoms with E-state index in [0.29, 0.717) is 31.3 Å². The van der Waals surface area contributed by atoms with E-state index < -0.39 is 0 Å². The number of pyridine rings is 1. The van der Waals surface area contributed by atoms with Crippen molar-refractivity contribution in [2.75, 3.05) is 29.5 Å². The maximum absolute atomic E-state index is 13.0. The lowest BCUT2D eigenvalue weighted by Gasteiger charge is -2.32. The molecule has 3 aliphatic rings. The Morgan fingerprint density at radius 2 is 1.97 bits per heavy atom. The smallest absolute Gasteiger partial charge is 0.414 e. The fourth-order valence-electron chi connectivity index (χ4n) is 4.65. The van der Waals surface area contributed by atoms with Crippen LogP contribution in [-0.2, 0) is 17.7 Å². The third-order valence-electron chi connectivity index (χ3n) is 6.48. The van der Waals surface area contributed by atoms with E-state index >= 15 is 0 Å². The van der Waals surface area contributed by atoms with E-state index in [-0.39, 0.29) is 12.0 Å². The zero-order chi connectivity index (χ0) is 21.7. The van der Waals surface area contributed by atoms with Crippen LogP contribution < -0.4 is 15.1 Å². The fourth-order valence-corrected chi connectivity index (χ4v) is 4.65. The summed E-state index contributed by atoms with van der Waals surface area (Å²) in [5.74, 6) is 0.779. The van der Waals surface area contributed by atoms with Crippen molar-refractivity contribution in [1.82, 2.24) is 10.3 Å². The summed E-state index contributed by atoms with van der Waals surface area (Å²) >= 11 is 0. The van der Waals surface area contributed by atoms with Gasteiger partial charge >= 0.3 is 6.09 Å². The van der Waals surface area contributed by atoms with Crippen molar-refractivity contribution in [3.8, 4) is 0 Å². The summed E-state index contributed by atoms with van der Waals surface area (Å²) in [7, 11) is 0. The number of nitrogens with zero attached hydrogens (tertiary/aromatic N) is 3. The van der Waals surface area contributed by atoms with E-state index in [1.807, 2.05) is 42.5 Å². The molecule has 3 heterocycles. The number of aromatic nitrogens is 1. The lowest BCUT2D eigenvalue weighted by Crippen LogP contribution is -2.34. The van der Waals surface area contributed by atoms with Gasteiger partial charge in [0.25, 0.3) is 5.91 Å². The van der Waals surface area contributed by atoms with Crippen LogP contribution in [0.3, 0.4) is 0 Å². The molecule has 0 radical (unpaired) electrons. The van der Waals surface area contributed by atoms with E-state index in [1.54, 1.807) is 4.90 Å². The van der Waals surface area contributed by atoms with E-state index in [4.69, 9.17) is 9.72 Å². The van der Waals surface area contributed by atoms with E-state index in [1.165, 1.54) is 11.1 Å². The van der Waals surface area contributed by atoms with Crippen LogP contribution in [0.15, 0.2) is 48.5 Å². The molecule has 1 N–H and O–H groups in total. The molecule has 0 unspecified atom stereocenters. The Hall–Kier alpha value is -3.61. The standard InChI is InChI=1S/C25H24N4O3/c30-24(26-17-8-9-17)20-14-23(27-21-6-2-1-5-19(20)21)28-11-10-18-16(15-28)4-3-7-22(18)29-12-13-32-25(29)31/h1-7,14,17H,8-13,15H2,(H,26,30). The highest BCUT2D eigenvalue weighted by atomic mass is 16.6. The van der Waals surface area contributed by atoms with Gasteiger partial charge < -0.3 is 15.0 Å². The molecule has 7 heteroatoms. The molecule has 0 spiro atoms. The van der Waals surface area contributed by atoms with Crippen LogP contribution in [0.2, 0.25) is 0 Å². The average Bonchev–Trinajstić information content (AvgIpc) is 3.54. The molecule has 1 aliphatic carbocycles. The lowest BCUT2D eigenvalue weighted by atomic mass is 9.97. The lowest BCUT2D eigenvalue weighted by molar-refractivity contribution is 0.0952. The molecule has 1 saturated carbocycles. The van der Waals surface area contributed by atoms with Crippen molar-refractivity contribution in [3.05, 3.63) is 65.2 Å². The minimum absolute atomic E-state index is 0.0282. The minimum atomic E-state index is -0.275. The van der Waals surface area contributed by atoms with Gasteiger partial charge in [0.1, 0.15) is 12.4 Å². The summed E-state index contributed by atoms with van der Waals surface area (Å²) in [5.41, 5.74) is 4.81. The number of cyclic esters (lactones) is 1. The quantitative estimate of drug-likeness (QED) is 0.687. The minimum Gasteiger partial charge on any atom is -0.447 e. The van der Waals surface area contributed by atoms with E-state index in [0.717, 1.165) is 48.2 Å². The van der Waals surface area contributed by atoms with Crippen molar-refractivity contribution in [3.63, 3.8) is 0 Å². The number of hydrogen-bond donors (Lipinski definition) is 1. The molecule has 7 nitrogen and oxygen atoms in total. The van der Waals surface area contributed by atoms with Crippen molar-refractivity contribution < 1.29 is 14.3 Å². The predicted molar refractivity (Wildman–Crippen MR) is 122 cm³/mol. The Balaban J connectivity index is 1.34. The van der Waals surface area contributed by atoms with Crippen molar-refractivity contribution in [1.29, 1.82) is 0 Å². The highest BCUT2D eigenvalue weighted by Crippen LogP contribution is 2.33. The number of carbonyl (C=O) groups is 2. The molecular weight excluding hydrogens is 404 g/mol. The summed E-state index contributed by atoms with van der Waals surface area (Å²) in [6.45, 7) is 2.47. The second-order valence-electron chi connectivity index (χ2n) is 8.65. The second kappa shape index (κ2) is 7.51. The fraction of sp³-hybridized carbons (Fsp3) is 0.320. The number of ether oxygens (including phenoxy) is 1. The molecule has 3 aromatic rings. The van der Waals surface area contributed by atoms with Gasteiger partial charge in [-0.25, -0.2) is 9.78 Å². The number of para-hydroxylation sites is 1. The molecule has 2 fully saturated rings. The highest BCUT2D eigenvalue weighted by molar-refractivity contribution is 6.07. The summed E-state index contributed by atoms with van der Waals surface area (Å²) in [5, 5.41) is 3.99. The van der Waals surface area contributed by atoms with Gasteiger partial charge in [-0.3, -0.25) is 9.69 Å². The summed E-state index contributed by atoms with van der Waals surface area (Å²) in [4.78, 5) is 33.9. The second-order valence-corrected chi connectivity index (χ2v) is 8.65. The number of hydrogen-bond acceptors (Lipinski definition) is 5. The average molecular weight is 428 g/mol. The van der Waals surface area contributed by atoms with Gasteiger partial charge in [0.2, 0.25) is 0 Å². The third kappa shape index (κ3) is 3.34. The van der Waals surface area contributed by atoms with Crippen molar-refractivity contribution in [2.45, 2.75) is 31.8 Å². The molecule has 1 saturated heterocycles. The predicted octanol–water partition coefficient (Wildman–Crippen LogP) is 3.65. The first-order valence-electron chi connectivity index (χ1n) is 11.2. The number of nitrogens with one attached hydrogen (secondary N) is 1. The van der Waals surface area contributed by atoms with Gasteiger partial charge in [0.15, 0.2) is 0 Å². The molecule has 162 valence electrons. The molecule has 32 heavy (non-hydrogen) atoms.